The molecule has 216 valence electrons. The van der Waals surface area contributed by atoms with Gasteiger partial charge in [-0.3, -0.25) is 0 Å². The van der Waals surface area contributed by atoms with Gasteiger partial charge in [-0.2, -0.15) is 10.5 Å². The SMILES string of the molecule is N#Cc1ccc2c(c1)c1cc(-c3c4ccccc4c(-c4ccc(C#N)c5ccccc45)c4ccccc34)ccc1n2-c1ccccc1. The van der Waals surface area contributed by atoms with E-state index in [1.807, 2.05) is 42.5 Å². The second-order valence-electron chi connectivity index (χ2n) is 11.9. The summed E-state index contributed by atoms with van der Waals surface area (Å²) < 4.78 is 2.28. The lowest BCUT2D eigenvalue weighted by molar-refractivity contribution is 1.18. The van der Waals surface area contributed by atoms with Crippen LogP contribution in [0.1, 0.15) is 11.1 Å². The molecule has 3 nitrogen and oxygen atoms in total. The van der Waals surface area contributed by atoms with E-state index < -0.39 is 0 Å². The Morgan fingerprint density at radius 1 is 0.404 bits per heavy atom. The van der Waals surface area contributed by atoms with Crippen molar-refractivity contribution in [2.45, 2.75) is 0 Å². The number of fused-ring (bicyclic) bond motifs is 6. The van der Waals surface area contributed by atoms with Crippen LogP contribution in [0.4, 0.5) is 0 Å². The summed E-state index contributed by atoms with van der Waals surface area (Å²) in [4.78, 5) is 0. The largest absolute Gasteiger partial charge is 0.309 e. The van der Waals surface area contributed by atoms with Gasteiger partial charge in [0.25, 0.3) is 0 Å². The highest BCUT2D eigenvalue weighted by molar-refractivity contribution is 6.24. The Bertz CT molecular complexity index is 2750. The topological polar surface area (TPSA) is 52.5 Å². The molecule has 0 unspecified atom stereocenters. The third-order valence-electron chi connectivity index (χ3n) is 9.44. The number of nitrogens with zero attached hydrogens (tertiary/aromatic N) is 3. The number of hydrogen-bond donors (Lipinski definition) is 0. The predicted octanol–water partition coefficient (Wildman–Crippen LogP) is 11.3. The van der Waals surface area contributed by atoms with Crippen molar-refractivity contribution in [1.82, 2.24) is 4.57 Å². The van der Waals surface area contributed by atoms with Crippen molar-refractivity contribution in [1.29, 1.82) is 10.5 Å². The molecule has 0 N–H and O–H groups in total. The molecule has 0 amide bonds. The van der Waals surface area contributed by atoms with E-state index in [0.29, 0.717) is 11.1 Å². The lowest BCUT2D eigenvalue weighted by Crippen LogP contribution is -1.94. The molecule has 0 spiro atoms. The molecule has 9 aromatic rings. The summed E-state index contributed by atoms with van der Waals surface area (Å²) >= 11 is 0. The maximum absolute atomic E-state index is 9.87. The third kappa shape index (κ3) is 3.98. The molecular formula is C44H25N3. The summed E-state index contributed by atoms with van der Waals surface area (Å²) in [7, 11) is 0. The fourth-order valence-corrected chi connectivity index (χ4v) is 7.45. The van der Waals surface area contributed by atoms with Crippen LogP contribution in [-0.4, -0.2) is 4.57 Å². The van der Waals surface area contributed by atoms with Crippen LogP contribution in [0.2, 0.25) is 0 Å². The Hall–Kier alpha value is -6.68. The molecule has 47 heavy (non-hydrogen) atoms. The van der Waals surface area contributed by atoms with E-state index in [-0.39, 0.29) is 0 Å². The van der Waals surface area contributed by atoms with Crippen molar-refractivity contribution in [3.8, 4) is 40.1 Å². The van der Waals surface area contributed by atoms with Gasteiger partial charge in [0, 0.05) is 21.8 Å². The monoisotopic (exact) mass is 595 g/mol. The van der Waals surface area contributed by atoms with Gasteiger partial charge in [0.2, 0.25) is 0 Å². The maximum atomic E-state index is 9.87. The number of benzene rings is 8. The van der Waals surface area contributed by atoms with Crippen molar-refractivity contribution in [2.24, 2.45) is 0 Å². The van der Waals surface area contributed by atoms with Gasteiger partial charge in [0.1, 0.15) is 0 Å². The summed E-state index contributed by atoms with van der Waals surface area (Å²) in [6.07, 6.45) is 0. The Labute approximate surface area is 271 Å². The smallest absolute Gasteiger partial charge is 0.0998 e. The van der Waals surface area contributed by atoms with Gasteiger partial charge in [-0.25, -0.2) is 0 Å². The number of nitriles is 2. The Kier molecular flexibility index (Phi) is 5.94. The normalized spacial score (nSPS) is 11.4. The average Bonchev–Trinajstić information content (AvgIpc) is 3.46. The van der Waals surface area contributed by atoms with E-state index in [0.717, 1.165) is 60.2 Å². The fraction of sp³-hybridized carbons (Fsp3) is 0. The highest BCUT2D eigenvalue weighted by atomic mass is 15.0. The molecule has 1 heterocycles. The first-order valence-electron chi connectivity index (χ1n) is 15.6. The number of rotatable bonds is 3. The zero-order valence-electron chi connectivity index (χ0n) is 25.3. The minimum absolute atomic E-state index is 0.643. The molecule has 3 heteroatoms. The number of aromatic nitrogens is 1. The fourth-order valence-electron chi connectivity index (χ4n) is 7.45. The Morgan fingerprint density at radius 3 is 1.60 bits per heavy atom. The highest BCUT2D eigenvalue weighted by Crippen LogP contribution is 2.46. The van der Waals surface area contributed by atoms with Gasteiger partial charge in [-0.05, 0) is 97.7 Å². The van der Waals surface area contributed by atoms with Crippen LogP contribution in [0.3, 0.4) is 0 Å². The first-order valence-corrected chi connectivity index (χ1v) is 15.6. The molecule has 8 aromatic carbocycles. The quantitative estimate of drug-likeness (QED) is 0.191. The second kappa shape index (κ2) is 10.5. The zero-order valence-corrected chi connectivity index (χ0v) is 25.3. The molecule has 0 radical (unpaired) electrons. The van der Waals surface area contributed by atoms with Crippen LogP contribution in [0.25, 0.3) is 82.1 Å². The van der Waals surface area contributed by atoms with Crippen LogP contribution in [-0.2, 0) is 0 Å². The molecule has 9 rings (SSSR count). The van der Waals surface area contributed by atoms with Crippen LogP contribution < -0.4 is 0 Å². The molecular weight excluding hydrogens is 571 g/mol. The minimum Gasteiger partial charge on any atom is -0.309 e. The molecule has 1 aromatic heterocycles. The van der Waals surface area contributed by atoms with Gasteiger partial charge in [-0.15, -0.1) is 0 Å². The highest BCUT2D eigenvalue weighted by Gasteiger charge is 2.20. The Balaban J connectivity index is 1.39. The van der Waals surface area contributed by atoms with Crippen molar-refractivity contribution < 1.29 is 0 Å². The third-order valence-corrected chi connectivity index (χ3v) is 9.44. The number of hydrogen-bond acceptors (Lipinski definition) is 2. The first kappa shape index (κ1) is 26.7. The molecule has 0 atom stereocenters. The summed E-state index contributed by atoms with van der Waals surface area (Å²) in [5.74, 6) is 0. The predicted molar refractivity (Wildman–Crippen MR) is 194 cm³/mol. The average molecular weight is 596 g/mol. The van der Waals surface area contributed by atoms with Gasteiger partial charge in [0.05, 0.1) is 34.3 Å². The van der Waals surface area contributed by atoms with Crippen molar-refractivity contribution >= 4 is 54.1 Å². The van der Waals surface area contributed by atoms with Crippen LogP contribution in [0.15, 0.2) is 152 Å². The Morgan fingerprint density at radius 2 is 0.957 bits per heavy atom. The molecule has 0 saturated heterocycles. The van der Waals surface area contributed by atoms with E-state index in [9.17, 15) is 10.5 Å². The lowest BCUT2D eigenvalue weighted by Gasteiger charge is -2.19. The van der Waals surface area contributed by atoms with Gasteiger partial charge in [-0.1, -0.05) is 103 Å². The summed E-state index contributed by atoms with van der Waals surface area (Å²) in [5, 5.41) is 28.5. The van der Waals surface area contributed by atoms with Crippen LogP contribution in [0, 0.1) is 22.7 Å². The molecule has 0 bridgehead atoms. The van der Waals surface area contributed by atoms with Crippen LogP contribution in [0.5, 0.6) is 0 Å². The molecule has 0 saturated carbocycles. The summed E-state index contributed by atoms with van der Waals surface area (Å²) in [5.41, 5.74) is 9.15. The van der Waals surface area contributed by atoms with E-state index in [1.54, 1.807) is 0 Å². The molecule has 0 aliphatic heterocycles. The standard InChI is InChI=1S/C44H25N3/c45-26-28-18-22-41-39(24-28)40-25-29(20-23-42(40)47(41)31-10-2-1-3-11-31)43-34-14-6-8-16-36(34)44(37-17-9-7-15-35(37)43)38-21-19-30(27-46)32-12-4-5-13-33(32)38/h1-25H. The van der Waals surface area contributed by atoms with Crippen LogP contribution >= 0.6 is 0 Å². The van der Waals surface area contributed by atoms with Gasteiger partial charge >= 0.3 is 0 Å². The molecule has 0 aliphatic rings. The molecule has 0 aliphatic carbocycles. The maximum Gasteiger partial charge on any atom is 0.0998 e. The van der Waals surface area contributed by atoms with Gasteiger partial charge < -0.3 is 4.57 Å². The van der Waals surface area contributed by atoms with Gasteiger partial charge in [0.15, 0.2) is 0 Å². The number of para-hydroxylation sites is 1. The van der Waals surface area contributed by atoms with E-state index in [4.69, 9.17) is 0 Å². The van der Waals surface area contributed by atoms with E-state index in [2.05, 4.69) is 126 Å². The van der Waals surface area contributed by atoms with E-state index >= 15 is 0 Å². The van der Waals surface area contributed by atoms with Crippen molar-refractivity contribution in [3.63, 3.8) is 0 Å². The lowest BCUT2D eigenvalue weighted by atomic mass is 9.84. The minimum atomic E-state index is 0.643. The van der Waals surface area contributed by atoms with Crippen molar-refractivity contribution in [2.75, 3.05) is 0 Å². The van der Waals surface area contributed by atoms with E-state index in [1.165, 1.54) is 21.9 Å². The zero-order chi connectivity index (χ0) is 31.5. The second-order valence-corrected chi connectivity index (χ2v) is 11.9. The molecule has 0 fully saturated rings. The van der Waals surface area contributed by atoms with Crippen molar-refractivity contribution in [3.05, 3.63) is 163 Å². The first-order chi connectivity index (χ1) is 23.2. The summed E-state index contributed by atoms with van der Waals surface area (Å²) in [6, 6.07) is 57.4. The summed E-state index contributed by atoms with van der Waals surface area (Å²) in [6.45, 7) is 0.